The summed E-state index contributed by atoms with van der Waals surface area (Å²) >= 11 is 0. The van der Waals surface area contributed by atoms with Crippen LogP contribution in [0.1, 0.15) is 16.7 Å². The normalized spacial score (nSPS) is 13.9. The van der Waals surface area contributed by atoms with Crippen molar-refractivity contribution in [1.29, 1.82) is 0 Å². The second-order valence-electron chi connectivity index (χ2n) is 2.82. The maximum atomic E-state index is 5.17. The van der Waals surface area contributed by atoms with E-state index in [1.54, 1.807) is 6.26 Å². The number of rotatable bonds is 0. The van der Waals surface area contributed by atoms with Crippen LogP contribution in [0.5, 0.6) is 0 Å². The fourth-order valence-corrected chi connectivity index (χ4v) is 1.28. The van der Waals surface area contributed by atoms with Crippen LogP contribution in [0.25, 0.3) is 6.08 Å². The molecule has 1 heterocycles. The van der Waals surface area contributed by atoms with E-state index in [2.05, 4.69) is 25.1 Å². The Balaban J connectivity index is 2.53. The maximum absolute atomic E-state index is 5.17. The van der Waals surface area contributed by atoms with E-state index in [1.165, 1.54) is 16.7 Å². The van der Waals surface area contributed by atoms with Gasteiger partial charge in [-0.25, -0.2) is 0 Å². The summed E-state index contributed by atoms with van der Waals surface area (Å²) in [5, 5.41) is 0. The lowest BCUT2D eigenvalue weighted by molar-refractivity contribution is 0.234. The van der Waals surface area contributed by atoms with Crippen molar-refractivity contribution in [2.75, 3.05) is 0 Å². The summed E-state index contributed by atoms with van der Waals surface area (Å²) in [5.74, 6) is 0. The van der Waals surface area contributed by atoms with Crippen molar-refractivity contribution in [3.8, 4) is 0 Å². The number of ether oxygens (including phenoxy) is 1. The smallest absolute Gasteiger partial charge is 0.113 e. The van der Waals surface area contributed by atoms with Crippen molar-refractivity contribution in [1.82, 2.24) is 0 Å². The molecule has 1 aliphatic heterocycles. The standard InChI is InChI=1S/C10H10O/c1-8-2-3-9-4-5-11-7-10(9)6-8/h2-6H,7H2,1H3. The van der Waals surface area contributed by atoms with Gasteiger partial charge in [-0.3, -0.25) is 0 Å². The van der Waals surface area contributed by atoms with Gasteiger partial charge in [0.25, 0.3) is 0 Å². The molecular weight excluding hydrogens is 136 g/mol. The number of hydrogen-bond donors (Lipinski definition) is 0. The summed E-state index contributed by atoms with van der Waals surface area (Å²) in [6.45, 7) is 2.81. The van der Waals surface area contributed by atoms with Gasteiger partial charge in [-0.05, 0) is 24.1 Å². The van der Waals surface area contributed by atoms with Crippen LogP contribution in [0.3, 0.4) is 0 Å². The molecule has 56 valence electrons. The zero-order chi connectivity index (χ0) is 7.68. The van der Waals surface area contributed by atoms with Gasteiger partial charge >= 0.3 is 0 Å². The molecule has 1 aromatic carbocycles. The summed E-state index contributed by atoms with van der Waals surface area (Å²) < 4.78 is 5.17. The van der Waals surface area contributed by atoms with Crippen LogP contribution < -0.4 is 0 Å². The molecule has 0 N–H and O–H groups in total. The summed E-state index contributed by atoms with van der Waals surface area (Å²) in [4.78, 5) is 0. The Hall–Kier alpha value is -1.24. The fraction of sp³-hybridized carbons (Fsp3) is 0.200. The third-order valence-electron chi connectivity index (χ3n) is 1.88. The molecule has 1 aliphatic rings. The highest BCUT2D eigenvalue weighted by Gasteiger charge is 2.03. The van der Waals surface area contributed by atoms with E-state index in [-0.39, 0.29) is 0 Å². The van der Waals surface area contributed by atoms with E-state index in [0.29, 0.717) is 6.61 Å². The van der Waals surface area contributed by atoms with Gasteiger partial charge in [0.1, 0.15) is 6.61 Å². The summed E-state index contributed by atoms with van der Waals surface area (Å²) in [7, 11) is 0. The van der Waals surface area contributed by atoms with E-state index in [4.69, 9.17) is 4.74 Å². The quantitative estimate of drug-likeness (QED) is 0.546. The minimum Gasteiger partial charge on any atom is -0.496 e. The number of hydrogen-bond acceptors (Lipinski definition) is 1. The van der Waals surface area contributed by atoms with E-state index in [1.807, 2.05) is 6.08 Å². The second kappa shape index (κ2) is 2.42. The van der Waals surface area contributed by atoms with Crippen LogP contribution in [0.15, 0.2) is 24.5 Å². The first-order valence-corrected chi connectivity index (χ1v) is 3.74. The molecule has 0 amide bonds. The highest BCUT2D eigenvalue weighted by Crippen LogP contribution is 2.18. The first-order chi connectivity index (χ1) is 5.36. The van der Waals surface area contributed by atoms with Gasteiger partial charge in [0.05, 0.1) is 6.26 Å². The van der Waals surface area contributed by atoms with Gasteiger partial charge in [0.2, 0.25) is 0 Å². The lowest BCUT2D eigenvalue weighted by Crippen LogP contribution is -1.96. The molecule has 2 rings (SSSR count). The second-order valence-corrected chi connectivity index (χ2v) is 2.82. The van der Waals surface area contributed by atoms with E-state index in [0.717, 1.165) is 0 Å². The lowest BCUT2D eigenvalue weighted by Gasteiger charge is -2.11. The molecule has 11 heavy (non-hydrogen) atoms. The predicted octanol–water partition coefficient (Wildman–Crippen LogP) is 2.50. The van der Waals surface area contributed by atoms with Gasteiger partial charge in [-0.15, -0.1) is 0 Å². The molecule has 0 unspecified atom stereocenters. The number of benzene rings is 1. The van der Waals surface area contributed by atoms with E-state index in [9.17, 15) is 0 Å². The van der Waals surface area contributed by atoms with Crippen LogP contribution >= 0.6 is 0 Å². The van der Waals surface area contributed by atoms with Crippen LogP contribution in [0.4, 0.5) is 0 Å². The Morgan fingerprint density at radius 1 is 1.36 bits per heavy atom. The topological polar surface area (TPSA) is 9.23 Å². The molecule has 0 fully saturated rings. The molecule has 0 atom stereocenters. The Morgan fingerprint density at radius 3 is 3.18 bits per heavy atom. The van der Waals surface area contributed by atoms with Crippen LogP contribution in [-0.4, -0.2) is 0 Å². The number of aryl methyl sites for hydroxylation is 1. The van der Waals surface area contributed by atoms with Crippen molar-refractivity contribution in [3.63, 3.8) is 0 Å². The molecule has 0 radical (unpaired) electrons. The first-order valence-electron chi connectivity index (χ1n) is 3.74. The van der Waals surface area contributed by atoms with Crippen molar-refractivity contribution < 1.29 is 4.74 Å². The Kier molecular flexibility index (Phi) is 1.42. The van der Waals surface area contributed by atoms with Crippen molar-refractivity contribution in [2.45, 2.75) is 13.5 Å². The largest absolute Gasteiger partial charge is 0.496 e. The molecule has 1 aromatic rings. The number of fused-ring (bicyclic) bond motifs is 1. The molecule has 1 nitrogen and oxygen atoms in total. The zero-order valence-electron chi connectivity index (χ0n) is 6.50. The van der Waals surface area contributed by atoms with E-state index >= 15 is 0 Å². The minimum absolute atomic E-state index is 0.716. The third kappa shape index (κ3) is 1.14. The van der Waals surface area contributed by atoms with E-state index < -0.39 is 0 Å². The average Bonchev–Trinajstić information content (AvgIpc) is 2.04. The van der Waals surface area contributed by atoms with Crippen LogP contribution in [-0.2, 0) is 11.3 Å². The van der Waals surface area contributed by atoms with Crippen molar-refractivity contribution >= 4 is 6.08 Å². The monoisotopic (exact) mass is 146 g/mol. The molecular formula is C10H10O. The molecule has 0 spiro atoms. The maximum Gasteiger partial charge on any atom is 0.113 e. The van der Waals surface area contributed by atoms with Gasteiger partial charge < -0.3 is 4.74 Å². The SMILES string of the molecule is Cc1ccc2c(c1)COC=C2. The highest BCUT2D eigenvalue weighted by molar-refractivity contribution is 5.55. The fourth-order valence-electron chi connectivity index (χ4n) is 1.28. The molecule has 1 heteroatoms. The lowest BCUT2D eigenvalue weighted by atomic mass is 10.0. The van der Waals surface area contributed by atoms with Crippen LogP contribution in [0, 0.1) is 6.92 Å². The average molecular weight is 146 g/mol. The van der Waals surface area contributed by atoms with Gasteiger partial charge in [-0.2, -0.15) is 0 Å². The highest BCUT2D eigenvalue weighted by atomic mass is 16.5. The van der Waals surface area contributed by atoms with Crippen molar-refractivity contribution in [2.24, 2.45) is 0 Å². The Labute approximate surface area is 66.3 Å². The molecule has 0 saturated heterocycles. The molecule has 0 bridgehead atoms. The zero-order valence-corrected chi connectivity index (χ0v) is 6.50. The van der Waals surface area contributed by atoms with Crippen LogP contribution in [0.2, 0.25) is 0 Å². The Morgan fingerprint density at radius 2 is 2.27 bits per heavy atom. The molecule has 0 saturated carbocycles. The third-order valence-corrected chi connectivity index (χ3v) is 1.88. The Bertz CT molecular complexity index is 300. The molecule has 0 aromatic heterocycles. The summed E-state index contributed by atoms with van der Waals surface area (Å²) in [6, 6.07) is 6.41. The molecule has 0 aliphatic carbocycles. The van der Waals surface area contributed by atoms with Gasteiger partial charge in [0.15, 0.2) is 0 Å². The van der Waals surface area contributed by atoms with Crippen molar-refractivity contribution in [3.05, 3.63) is 41.2 Å². The summed E-state index contributed by atoms with van der Waals surface area (Å²) in [5.41, 5.74) is 3.86. The first kappa shape index (κ1) is 6.47. The van der Waals surface area contributed by atoms with Gasteiger partial charge in [0, 0.05) is 0 Å². The predicted molar refractivity (Wildman–Crippen MR) is 45.0 cm³/mol. The van der Waals surface area contributed by atoms with Gasteiger partial charge in [-0.1, -0.05) is 23.8 Å². The minimum atomic E-state index is 0.716. The summed E-state index contributed by atoms with van der Waals surface area (Å²) in [6.07, 6.45) is 3.75.